The van der Waals surface area contributed by atoms with Gasteiger partial charge in [0.25, 0.3) is 5.91 Å². The van der Waals surface area contributed by atoms with Crippen LogP contribution in [0.4, 0.5) is 0 Å². The Labute approximate surface area is 111 Å². The number of aromatic nitrogens is 2. The van der Waals surface area contributed by atoms with Crippen molar-refractivity contribution >= 4 is 15.7 Å². The zero-order chi connectivity index (χ0) is 14.2. The quantitative estimate of drug-likeness (QED) is 0.769. The van der Waals surface area contributed by atoms with Crippen LogP contribution in [0.5, 0.6) is 0 Å². The first-order chi connectivity index (χ1) is 8.78. The summed E-state index contributed by atoms with van der Waals surface area (Å²) in [6.07, 6.45) is 1.97. The highest BCUT2D eigenvalue weighted by Gasteiger charge is 2.37. The molecule has 1 amide bonds. The van der Waals surface area contributed by atoms with Crippen molar-refractivity contribution < 1.29 is 18.3 Å². The van der Waals surface area contributed by atoms with Crippen molar-refractivity contribution in [2.75, 3.05) is 11.5 Å². The van der Waals surface area contributed by atoms with Gasteiger partial charge in [0, 0.05) is 12.2 Å². The highest BCUT2D eigenvalue weighted by atomic mass is 32.2. The Kier molecular flexibility index (Phi) is 3.64. The fourth-order valence-corrected chi connectivity index (χ4v) is 3.70. The molecule has 0 spiro atoms. The van der Waals surface area contributed by atoms with E-state index in [0.29, 0.717) is 5.56 Å². The molecular weight excluding hydrogens is 270 g/mol. The first kappa shape index (κ1) is 14.0. The number of hydrogen-bond donors (Lipinski definition) is 2. The molecule has 2 rings (SSSR count). The second kappa shape index (κ2) is 4.93. The fraction of sp³-hybridized carbons (Fsp3) is 0.636. The average Bonchev–Trinajstić information content (AvgIpc) is 2.83. The topological polar surface area (TPSA) is 101 Å². The maximum absolute atomic E-state index is 11.9. The molecular formula is C11H17N3O4S. The number of rotatable bonds is 3. The number of nitrogens with zero attached hydrogens (tertiary/aromatic N) is 2. The van der Waals surface area contributed by atoms with Crippen LogP contribution in [0.25, 0.3) is 0 Å². The molecule has 1 aliphatic heterocycles. The zero-order valence-electron chi connectivity index (χ0n) is 10.8. The summed E-state index contributed by atoms with van der Waals surface area (Å²) in [4.78, 5) is 11.9. The maximum Gasteiger partial charge on any atom is 0.254 e. The molecule has 7 nitrogen and oxygen atoms in total. The number of aliphatic hydroxyl groups is 1. The second-order valence-electron chi connectivity index (χ2n) is 5.03. The summed E-state index contributed by atoms with van der Waals surface area (Å²) in [5.74, 6) is -0.949. The Morgan fingerprint density at radius 3 is 2.68 bits per heavy atom. The minimum absolute atomic E-state index is 0.138. The SMILES string of the molecule is CC(C)n1cc(C(=O)N[C@@H]2CS(=O)(=O)C[C@H]2O)cn1. The predicted molar refractivity (Wildman–Crippen MR) is 68.5 cm³/mol. The number of sulfone groups is 1. The predicted octanol–water partition coefficient (Wildman–Crippen LogP) is -0.648. The van der Waals surface area contributed by atoms with E-state index in [0.717, 1.165) is 0 Å². The molecule has 0 aliphatic carbocycles. The third-order valence-corrected chi connectivity index (χ3v) is 4.75. The van der Waals surface area contributed by atoms with Crippen molar-refractivity contribution in [3.05, 3.63) is 18.0 Å². The van der Waals surface area contributed by atoms with Crippen molar-refractivity contribution in [3.63, 3.8) is 0 Å². The lowest BCUT2D eigenvalue weighted by atomic mass is 10.2. The van der Waals surface area contributed by atoms with Gasteiger partial charge < -0.3 is 10.4 Å². The van der Waals surface area contributed by atoms with Gasteiger partial charge in [0.05, 0.1) is 35.4 Å². The Morgan fingerprint density at radius 2 is 2.21 bits per heavy atom. The number of aliphatic hydroxyl groups excluding tert-OH is 1. The van der Waals surface area contributed by atoms with E-state index in [1.54, 1.807) is 10.9 Å². The van der Waals surface area contributed by atoms with Crippen LogP contribution in [-0.4, -0.2) is 52.9 Å². The molecule has 0 bridgehead atoms. The average molecular weight is 287 g/mol. The van der Waals surface area contributed by atoms with Gasteiger partial charge in [-0.1, -0.05) is 0 Å². The van der Waals surface area contributed by atoms with E-state index in [2.05, 4.69) is 10.4 Å². The lowest BCUT2D eigenvalue weighted by molar-refractivity contribution is 0.0888. The molecule has 106 valence electrons. The van der Waals surface area contributed by atoms with E-state index < -0.39 is 27.9 Å². The zero-order valence-corrected chi connectivity index (χ0v) is 11.6. The minimum Gasteiger partial charge on any atom is -0.390 e. The van der Waals surface area contributed by atoms with Gasteiger partial charge in [0.2, 0.25) is 0 Å². The largest absolute Gasteiger partial charge is 0.390 e. The van der Waals surface area contributed by atoms with Crippen LogP contribution in [0, 0.1) is 0 Å². The van der Waals surface area contributed by atoms with E-state index in [4.69, 9.17) is 0 Å². The maximum atomic E-state index is 11.9. The second-order valence-corrected chi connectivity index (χ2v) is 7.18. The van der Waals surface area contributed by atoms with Crippen LogP contribution in [-0.2, 0) is 9.84 Å². The van der Waals surface area contributed by atoms with Crippen molar-refractivity contribution in [1.82, 2.24) is 15.1 Å². The Hall–Kier alpha value is -1.41. The lowest BCUT2D eigenvalue weighted by Crippen LogP contribution is -2.42. The van der Waals surface area contributed by atoms with Gasteiger partial charge in [-0.15, -0.1) is 0 Å². The summed E-state index contributed by atoms with van der Waals surface area (Å²) in [6, 6.07) is -0.612. The molecule has 8 heteroatoms. The molecule has 1 fully saturated rings. The third-order valence-electron chi connectivity index (χ3n) is 3.03. The standard InChI is InChI=1S/C11H17N3O4S/c1-7(2)14-4-8(3-12-14)11(16)13-9-5-19(17,18)6-10(9)15/h3-4,7,9-10,15H,5-6H2,1-2H3,(H,13,16)/t9-,10-/m1/s1. The summed E-state index contributed by atoms with van der Waals surface area (Å²) < 4.78 is 24.3. The summed E-state index contributed by atoms with van der Waals surface area (Å²) in [6.45, 7) is 3.87. The number of amides is 1. The fourth-order valence-electron chi connectivity index (χ4n) is 1.96. The van der Waals surface area contributed by atoms with Gasteiger partial charge in [-0.05, 0) is 13.8 Å². The molecule has 2 heterocycles. The molecule has 0 aromatic carbocycles. The Morgan fingerprint density at radius 1 is 1.53 bits per heavy atom. The molecule has 1 aromatic heterocycles. The van der Waals surface area contributed by atoms with E-state index in [-0.39, 0.29) is 17.5 Å². The minimum atomic E-state index is -3.27. The van der Waals surface area contributed by atoms with Crippen LogP contribution >= 0.6 is 0 Å². The van der Waals surface area contributed by atoms with Gasteiger partial charge in [0.15, 0.2) is 9.84 Å². The third kappa shape index (κ3) is 3.13. The lowest BCUT2D eigenvalue weighted by Gasteiger charge is -2.13. The summed E-state index contributed by atoms with van der Waals surface area (Å²) >= 11 is 0. The van der Waals surface area contributed by atoms with E-state index >= 15 is 0 Å². The molecule has 1 aromatic rings. The number of carbonyl (C=O) groups excluding carboxylic acids is 1. The molecule has 1 aliphatic rings. The number of carbonyl (C=O) groups is 1. The smallest absolute Gasteiger partial charge is 0.254 e. The number of hydrogen-bond acceptors (Lipinski definition) is 5. The van der Waals surface area contributed by atoms with E-state index in [1.807, 2.05) is 13.8 Å². The van der Waals surface area contributed by atoms with E-state index in [9.17, 15) is 18.3 Å². The Balaban J connectivity index is 2.05. The molecule has 1 saturated heterocycles. The summed E-state index contributed by atoms with van der Waals surface area (Å²) in [5.41, 5.74) is 0.352. The first-order valence-corrected chi connectivity index (χ1v) is 7.84. The van der Waals surface area contributed by atoms with Crippen LogP contribution in [0.15, 0.2) is 12.4 Å². The summed E-state index contributed by atoms with van der Waals surface area (Å²) in [7, 11) is -3.27. The molecule has 2 atom stereocenters. The van der Waals surface area contributed by atoms with Gasteiger partial charge in [-0.2, -0.15) is 5.10 Å². The highest BCUT2D eigenvalue weighted by Crippen LogP contribution is 2.13. The van der Waals surface area contributed by atoms with Crippen molar-refractivity contribution in [1.29, 1.82) is 0 Å². The first-order valence-electron chi connectivity index (χ1n) is 6.02. The highest BCUT2D eigenvalue weighted by molar-refractivity contribution is 7.91. The molecule has 19 heavy (non-hydrogen) atoms. The Bertz CT molecular complexity index is 579. The van der Waals surface area contributed by atoms with Gasteiger partial charge >= 0.3 is 0 Å². The van der Waals surface area contributed by atoms with Crippen molar-refractivity contribution in [2.24, 2.45) is 0 Å². The number of nitrogens with one attached hydrogen (secondary N) is 1. The molecule has 0 unspecified atom stereocenters. The van der Waals surface area contributed by atoms with E-state index in [1.165, 1.54) is 6.20 Å². The normalized spacial score (nSPS) is 25.7. The van der Waals surface area contributed by atoms with Crippen molar-refractivity contribution in [2.45, 2.75) is 32.0 Å². The summed E-state index contributed by atoms with van der Waals surface area (Å²) in [5, 5.41) is 16.2. The van der Waals surface area contributed by atoms with Gasteiger partial charge in [-0.3, -0.25) is 9.48 Å². The van der Waals surface area contributed by atoms with Crippen LogP contribution < -0.4 is 5.32 Å². The molecule has 2 N–H and O–H groups in total. The van der Waals surface area contributed by atoms with Crippen LogP contribution in [0.3, 0.4) is 0 Å². The van der Waals surface area contributed by atoms with Crippen molar-refractivity contribution in [3.8, 4) is 0 Å². The van der Waals surface area contributed by atoms with Crippen LogP contribution in [0.1, 0.15) is 30.2 Å². The molecule has 0 radical (unpaired) electrons. The van der Waals surface area contributed by atoms with Crippen LogP contribution in [0.2, 0.25) is 0 Å². The monoisotopic (exact) mass is 287 g/mol. The van der Waals surface area contributed by atoms with Gasteiger partial charge in [0.1, 0.15) is 0 Å². The molecule has 0 saturated carbocycles. The van der Waals surface area contributed by atoms with Gasteiger partial charge in [-0.25, -0.2) is 8.42 Å².